The Morgan fingerprint density at radius 3 is 2.50 bits per heavy atom. The average molecular weight is 211 g/mol. The zero-order valence-electron chi connectivity index (χ0n) is 9.09. The molecule has 78 valence electrons. The topological polar surface area (TPSA) is 50.4 Å². The Morgan fingerprint density at radius 1 is 1.50 bits per heavy atom. The van der Waals surface area contributed by atoms with Crippen molar-refractivity contribution in [3.8, 4) is 0 Å². The Hall–Kier alpha value is -0.870. The van der Waals surface area contributed by atoms with Crippen LogP contribution in [0.2, 0.25) is 0 Å². The molecule has 1 aromatic rings. The van der Waals surface area contributed by atoms with Gasteiger partial charge in [0, 0.05) is 10.9 Å². The first-order chi connectivity index (χ1) is 6.54. The maximum absolute atomic E-state index is 5.44. The van der Waals surface area contributed by atoms with Crippen LogP contribution in [0.25, 0.3) is 0 Å². The quantitative estimate of drug-likeness (QED) is 0.340. The maximum Gasteiger partial charge on any atom is 0.153 e. The monoisotopic (exact) mass is 211 g/mol. The molecule has 0 fully saturated rings. The molecule has 4 heteroatoms. The number of nitrogens with two attached hydrogens (primary N) is 1. The summed E-state index contributed by atoms with van der Waals surface area (Å²) >= 11 is 1.72. The van der Waals surface area contributed by atoms with E-state index in [0.717, 1.165) is 10.7 Å². The third-order valence-corrected chi connectivity index (χ3v) is 3.08. The Kier molecular flexibility index (Phi) is 3.66. The Labute approximate surface area is 89.0 Å². The van der Waals surface area contributed by atoms with Gasteiger partial charge in [0.1, 0.15) is 0 Å². The van der Waals surface area contributed by atoms with E-state index in [1.165, 1.54) is 10.4 Å². The minimum Gasteiger partial charge on any atom is -0.308 e. The maximum atomic E-state index is 5.44. The third kappa shape index (κ3) is 2.56. The first kappa shape index (κ1) is 11.2. The van der Waals surface area contributed by atoms with Crippen LogP contribution in [0.15, 0.2) is 11.1 Å². The number of nitrogens with zero attached hydrogens (tertiary/aromatic N) is 1. The van der Waals surface area contributed by atoms with Gasteiger partial charge < -0.3 is 5.43 Å². The molecule has 1 rings (SSSR count). The average Bonchev–Trinajstić information content (AvgIpc) is 2.42. The van der Waals surface area contributed by atoms with Crippen molar-refractivity contribution < 1.29 is 0 Å². The van der Waals surface area contributed by atoms with Crippen molar-refractivity contribution in [2.75, 3.05) is 0 Å². The Balaban J connectivity index is 3.01. The third-order valence-electron chi connectivity index (χ3n) is 1.92. The largest absolute Gasteiger partial charge is 0.308 e. The normalized spacial score (nSPS) is 12.3. The molecule has 3 nitrogen and oxygen atoms in total. The first-order valence-corrected chi connectivity index (χ1v) is 5.48. The van der Waals surface area contributed by atoms with Gasteiger partial charge >= 0.3 is 0 Å². The van der Waals surface area contributed by atoms with Crippen LogP contribution in [0.1, 0.15) is 29.2 Å². The molecule has 0 spiro atoms. The summed E-state index contributed by atoms with van der Waals surface area (Å²) in [5.41, 5.74) is 3.94. The van der Waals surface area contributed by atoms with Crippen molar-refractivity contribution >= 4 is 17.2 Å². The molecule has 0 aromatic carbocycles. The van der Waals surface area contributed by atoms with Gasteiger partial charge in [-0.1, -0.05) is 0 Å². The number of aryl methyl sites for hydroxylation is 2. The van der Waals surface area contributed by atoms with Crippen molar-refractivity contribution in [2.45, 2.75) is 33.7 Å². The fourth-order valence-corrected chi connectivity index (χ4v) is 2.11. The van der Waals surface area contributed by atoms with Crippen LogP contribution in [0.5, 0.6) is 0 Å². The fourth-order valence-electron chi connectivity index (χ4n) is 1.12. The molecule has 0 saturated heterocycles. The molecule has 0 unspecified atom stereocenters. The predicted molar refractivity (Wildman–Crippen MR) is 62.8 cm³/mol. The molecule has 0 amide bonds. The molecule has 0 radical (unpaired) electrons. The number of rotatable bonds is 2. The van der Waals surface area contributed by atoms with E-state index in [2.05, 4.69) is 30.3 Å². The summed E-state index contributed by atoms with van der Waals surface area (Å²) < 4.78 is 0. The standard InChI is InChI=1S/C10H17N3S/c1-6(2)12-10(13-11)9-5-7(3)8(4)14-9/h5-6H,11H2,1-4H3,(H,12,13). The van der Waals surface area contributed by atoms with E-state index < -0.39 is 0 Å². The summed E-state index contributed by atoms with van der Waals surface area (Å²) in [6.07, 6.45) is 0. The molecule has 0 aliphatic carbocycles. The summed E-state index contributed by atoms with van der Waals surface area (Å²) in [6, 6.07) is 2.37. The predicted octanol–water partition coefficient (Wildman–Crippen LogP) is 1.98. The first-order valence-electron chi connectivity index (χ1n) is 4.66. The molecular weight excluding hydrogens is 194 g/mol. The second kappa shape index (κ2) is 4.57. The van der Waals surface area contributed by atoms with E-state index in [1.54, 1.807) is 11.3 Å². The number of hydrogen-bond acceptors (Lipinski definition) is 3. The summed E-state index contributed by atoms with van der Waals surface area (Å²) in [5.74, 6) is 6.22. The minimum absolute atomic E-state index is 0.253. The zero-order valence-corrected chi connectivity index (χ0v) is 9.90. The summed E-state index contributed by atoms with van der Waals surface area (Å²) in [4.78, 5) is 6.83. The highest BCUT2D eigenvalue weighted by Gasteiger charge is 2.07. The molecule has 1 heterocycles. The molecular formula is C10H17N3S. The molecule has 0 bridgehead atoms. The van der Waals surface area contributed by atoms with Gasteiger partial charge in [-0.05, 0) is 39.3 Å². The van der Waals surface area contributed by atoms with E-state index >= 15 is 0 Å². The van der Waals surface area contributed by atoms with E-state index in [4.69, 9.17) is 5.84 Å². The van der Waals surface area contributed by atoms with Crippen molar-refractivity contribution in [3.05, 3.63) is 21.4 Å². The minimum atomic E-state index is 0.253. The Bertz CT molecular complexity index is 320. The summed E-state index contributed by atoms with van der Waals surface area (Å²) in [7, 11) is 0. The molecule has 0 aliphatic heterocycles. The van der Waals surface area contributed by atoms with Gasteiger partial charge in [0.15, 0.2) is 5.84 Å². The van der Waals surface area contributed by atoms with Gasteiger partial charge in [0.05, 0.1) is 4.88 Å². The van der Waals surface area contributed by atoms with Crippen LogP contribution in [-0.4, -0.2) is 11.9 Å². The summed E-state index contributed by atoms with van der Waals surface area (Å²) in [5, 5.41) is 0. The number of amidine groups is 1. The second-order valence-electron chi connectivity index (χ2n) is 3.57. The fraction of sp³-hybridized carbons (Fsp3) is 0.500. The number of hydrazine groups is 1. The van der Waals surface area contributed by atoms with Crippen LogP contribution in [0.3, 0.4) is 0 Å². The Morgan fingerprint density at radius 2 is 2.14 bits per heavy atom. The second-order valence-corrected chi connectivity index (χ2v) is 4.82. The molecule has 0 atom stereocenters. The van der Waals surface area contributed by atoms with E-state index in [9.17, 15) is 0 Å². The zero-order chi connectivity index (χ0) is 10.7. The van der Waals surface area contributed by atoms with Crippen molar-refractivity contribution in [2.24, 2.45) is 10.8 Å². The molecule has 14 heavy (non-hydrogen) atoms. The van der Waals surface area contributed by atoms with E-state index in [-0.39, 0.29) is 6.04 Å². The van der Waals surface area contributed by atoms with Gasteiger partial charge in [-0.3, -0.25) is 4.99 Å². The highest BCUT2D eigenvalue weighted by molar-refractivity contribution is 7.14. The van der Waals surface area contributed by atoms with Gasteiger partial charge in [-0.25, -0.2) is 5.84 Å². The number of aliphatic imine (C=N–C) groups is 1. The lowest BCUT2D eigenvalue weighted by atomic mass is 10.3. The van der Waals surface area contributed by atoms with Crippen LogP contribution in [0, 0.1) is 13.8 Å². The summed E-state index contributed by atoms with van der Waals surface area (Å²) in [6.45, 7) is 8.27. The van der Waals surface area contributed by atoms with Crippen LogP contribution in [0.4, 0.5) is 0 Å². The lowest BCUT2D eigenvalue weighted by Gasteiger charge is -2.04. The lowest BCUT2D eigenvalue weighted by Crippen LogP contribution is -2.31. The highest BCUT2D eigenvalue weighted by Crippen LogP contribution is 2.20. The van der Waals surface area contributed by atoms with Crippen molar-refractivity contribution in [1.82, 2.24) is 5.43 Å². The molecule has 0 saturated carbocycles. The van der Waals surface area contributed by atoms with Gasteiger partial charge in [-0.15, -0.1) is 11.3 Å². The highest BCUT2D eigenvalue weighted by atomic mass is 32.1. The van der Waals surface area contributed by atoms with Crippen LogP contribution in [-0.2, 0) is 0 Å². The molecule has 3 N–H and O–H groups in total. The smallest absolute Gasteiger partial charge is 0.153 e. The van der Waals surface area contributed by atoms with Crippen molar-refractivity contribution in [3.63, 3.8) is 0 Å². The van der Waals surface area contributed by atoms with E-state index in [0.29, 0.717) is 0 Å². The molecule has 0 aliphatic rings. The van der Waals surface area contributed by atoms with Gasteiger partial charge in [0.25, 0.3) is 0 Å². The van der Waals surface area contributed by atoms with Crippen LogP contribution < -0.4 is 11.3 Å². The van der Waals surface area contributed by atoms with E-state index in [1.807, 2.05) is 13.8 Å². The van der Waals surface area contributed by atoms with Gasteiger partial charge in [0.2, 0.25) is 0 Å². The SMILES string of the molecule is Cc1cc(C(=NC(C)C)NN)sc1C. The van der Waals surface area contributed by atoms with Gasteiger partial charge in [-0.2, -0.15) is 0 Å². The number of thiophene rings is 1. The van der Waals surface area contributed by atoms with Crippen molar-refractivity contribution in [1.29, 1.82) is 0 Å². The number of nitrogens with one attached hydrogen (secondary N) is 1. The van der Waals surface area contributed by atoms with Crippen LogP contribution >= 0.6 is 11.3 Å². The lowest BCUT2D eigenvalue weighted by molar-refractivity contribution is 0.821. The molecule has 1 aromatic heterocycles. The number of hydrogen-bond donors (Lipinski definition) is 2.